The quantitative estimate of drug-likeness (QED) is 0.574. The molecule has 0 saturated carbocycles. The Kier molecular flexibility index (Phi) is 6.96. The van der Waals surface area contributed by atoms with Gasteiger partial charge in [-0.1, -0.05) is 49.4 Å². The third kappa shape index (κ3) is 5.79. The number of nitrogens with one attached hydrogen (secondary N) is 3. The van der Waals surface area contributed by atoms with Crippen LogP contribution in [0.1, 0.15) is 18.1 Å². The van der Waals surface area contributed by atoms with Gasteiger partial charge in [-0.15, -0.1) is 0 Å². The molecule has 2 aromatic rings. The van der Waals surface area contributed by atoms with E-state index in [1.807, 2.05) is 37.4 Å². The van der Waals surface area contributed by atoms with Crippen molar-refractivity contribution in [2.24, 2.45) is 0 Å². The summed E-state index contributed by atoms with van der Waals surface area (Å²) in [6, 6.07) is 18.3. The van der Waals surface area contributed by atoms with Crippen LogP contribution in [0.15, 0.2) is 54.6 Å². The standard InChI is InChI=1S/C18H22N4S2/c1-3-14-9-11-16(12-10-14)20-17(23)21-22(2)18(24)19-13-15-7-5-4-6-8-15/h4-12H,3,13H2,1-2H3,(H,19,24)(H2,20,21,23). The Labute approximate surface area is 154 Å². The van der Waals surface area contributed by atoms with Gasteiger partial charge in [0.15, 0.2) is 10.2 Å². The number of benzene rings is 2. The van der Waals surface area contributed by atoms with Gasteiger partial charge in [-0.2, -0.15) is 0 Å². The zero-order chi connectivity index (χ0) is 17.4. The van der Waals surface area contributed by atoms with Crippen LogP contribution in [-0.2, 0) is 13.0 Å². The van der Waals surface area contributed by atoms with Crippen molar-refractivity contribution < 1.29 is 0 Å². The number of rotatable bonds is 4. The first-order valence-corrected chi connectivity index (χ1v) is 8.62. The summed E-state index contributed by atoms with van der Waals surface area (Å²) in [6.07, 6.45) is 1.02. The lowest BCUT2D eigenvalue weighted by atomic mass is 10.1. The summed E-state index contributed by atoms with van der Waals surface area (Å²) in [5, 5.41) is 9.09. The smallest absolute Gasteiger partial charge is 0.189 e. The number of anilines is 1. The first-order valence-electron chi connectivity index (χ1n) is 7.80. The molecule has 0 aliphatic heterocycles. The maximum Gasteiger partial charge on any atom is 0.189 e. The third-order valence-electron chi connectivity index (χ3n) is 3.48. The summed E-state index contributed by atoms with van der Waals surface area (Å²) in [7, 11) is 1.83. The van der Waals surface area contributed by atoms with Gasteiger partial charge in [0.25, 0.3) is 0 Å². The second kappa shape index (κ2) is 9.20. The molecule has 0 amide bonds. The van der Waals surface area contributed by atoms with Gasteiger partial charge in [-0.3, -0.25) is 10.4 Å². The molecule has 3 N–H and O–H groups in total. The molecule has 6 heteroatoms. The van der Waals surface area contributed by atoms with Gasteiger partial charge in [-0.25, -0.2) is 0 Å². The molecule has 0 spiro atoms. The number of nitrogens with zero attached hydrogens (tertiary/aromatic N) is 1. The molecule has 4 nitrogen and oxygen atoms in total. The average molecular weight is 359 g/mol. The van der Waals surface area contributed by atoms with Crippen LogP contribution < -0.4 is 16.1 Å². The van der Waals surface area contributed by atoms with Crippen molar-refractivity contribution in [1.29, 1.82) is 0 Å². The summed E-state index contributed by atoms with van der Waals surface area (Å²) >= 11 is 10.7. The lowest BCUT2D eigenvalue weighted by Gasteiger charge is -2.23. The molecule has 0 unspecified atom stereocenters. The Balaban J connectivity index is 1.78. The van der Waals surface area contributed by atoms with E-state index in [9.17, 15) is 0 Å². The number of hydrazine groups is 1. The van der Waals surface area contributed by atoms with E-state index >= 15 is 0 Å². The number of thiocarbonyl (C=S) groups is 2. The van der Waals surface area contributed by atoms with Crippen LogP contribution in [-0.4, -0.2) is 22.3 Å². The maximum atomic E-state index is 5.36. The molecule has 2 aromatic carbocycles. The highest BCUT2D eigenvalue weighted by Crippen LogP contribution is 2.09. The summed E-state index contributed by atoms with van der Waals surface area (Å²) in [6.45, 7) is 2.80. The van der Waals surface area contributed by atoms with E-state index in [-0.39, 0.29) is 0 Å². The van der Waals surface area contributed by atoms with E-state index in [0.717, 1.165) is 12.1 Å². The van der Waals surface area contributed by atoms with Gasteiger partial charge in [0, 0.05) is 19.3 Å². The van der Waals surface area contributed by atoms with Gasteiger partial charge < -0.3 is 10.6 Å². The van der Waals surface area contributed by atoms with Crippen LogP contribution in [0, 0.1) is 0 Å². The largest absolute Gasteiger partial charge is 0.357 e. The fourth-order valence-electron chi connectivity index (χ4n) is 2.08. The van der Waals surface area contributed by atoms with Crippen molar-refractivity contribution in [3.05, 3.63) is 65.7 Å². The van der Waals surface area contributed by atoms with Crippen molar-refractivity contribution in [2.45, 2.75) is 19.9 Å². The van der Waals surface area contributed by atoms with Gasteiger partial charge in [0.1, 0.15) is 0 Å². The molecule has 24 heavy (non-hydrogen) atoms. The van der Waals surface area contributed by atoms with E-state index in [4.69, 9.17) is 24.4 Å². The van der Waals surface area contributed by atoms with E-state index in [1.54, 1.807) is 5.01 Å². The minimum atomic E-state index is 0.491. The normalized spacial score (nSPS) is 9.92. The van der Waals surface area contributed by atoms with Crippen LogP contribution in [0.2, 0.25) is 0 Å². The van der Waals surface area contributed by atoms with Crippen LogP contribution in [0.25, 0.3) is 0 Å². The van der Waals surface area contributed by atoms with E-state index in [0.29, 0.717) is 16.8 Å². The first kappa shape index (κ1) is 18.2. The highest BCUT2D eigenvalue weighted by molar-refractivity contribution is 7.80. The van der Waals surface area contributed by atoms with Crippen molar-refractivity contribution in [3.63, 3.8) is 0 Å². The highest BCUT2D eigenvalue weighted by atomic mass is 32.1. The summed E-state index contributed by atoms with van der Waals surface area (Å²) in [4.78, 5) is 0. The van der Waals surface area contributed by atoms with Crippen molar-refractivity contribution in [3.8, 4) is 0 Å². The van der Waals surface area contributed by atoms with Crippen molar-refractivity contribution in [1.82, 2.24) is 15.8 Å². The summed E-state index contributed by atoms with van der Waals surface area (Å²) < 4.78 is 0. The fraction of sp³-hybridized carbons (Fsp3) is 0.222. The van der Waals surface area contributed by atoms with Crippen molar-refractivity contribution in [2.75, 3.05) is 12.4 Å². The van der Waals surface area contributed by atoms with Crippen LogP contribution in [0.5, 0.6) is 0 Å². The Morgan fingerprint density at radius 2 is 1.62 bits per heavy atom. The number of hydrogen-bond donors (Lipinski definition) is 3. The summed E-state index contributed by atoms with van der Waals surface area (Å²) in [5.74, 6) is 0. The van der Waals surface area contributed by atoms with Gasteiger partial charge in [-0.05, 0) is 54.1 Å². The number of hydrogen-bond acceptors (Lipinski definition) is 2. The Bertz CT molecular complexity index is 671. The molecule has 0 aliphatic carbocycles. The Morgan fingerprint density at radius 3 is 2.25 bits per heavy atom. The van der Waals surface area contributed by atoms with E-state index < -0.39 is 0 Å². The molecule has 0 saturated heterocycles. The minimum absolute atomic E-state index is 0.491. The number of aryl methyl sites for hydroxylation is 1. The van der Waals surface area contributed by atoms with Crippen molar-refractivity contribution >= 4 is 40.3 Å². The molecule has 0 aromatic heterocycles. The predicted octanol–water partition coefficient (Wildman–Crippen LogP) is 3.46. The second-order valence-corrected chi connectivity index (χ2v) is 6.11. The molecular weight excluding hydrogens is 336 g/mol. The molecule has 2 rings (SSSR count). The molecule has 126 valence electrons. The first-order chi connectivity index (χ1) is 11.6. The average Bonchev–Trinajstić information content (AvgIpc) is 2.61. The molecule has 0 bridgehead atoms. The Morgan fingerprint density at radius 1 is 0.958 bits per heavy atom. The minimum Gasteiger partial charge on any atom is -0.357 e. The molecule has 0 heterocycles. The van der Waals surface area contributed by atoms with Crippen LogP contribution in [0.3, 0.4) is 0 Å². The molecule has 0 radical (unpaired) electrons. The molecule has 0 fully saturated rings. The maximum absolute atomic E-state index is 5.36. The fourth-order valence-corrected chi connectivity index (χ4v) is 2.45. The van der Waals surface area contributed by atoms with Crippen LogP contribution >= 0.6 is 24.4 Å². The SMILES string of the molecule is CCc1ccc(NC(=S)NN(C)C(=S)NCc2ccccc2)cc1. The zero-order valence-electron chi connectivity index (χ0n) is 13.9. The van der Waals surface area contributed by atoms with E-state index in [1.165, 1.54) is 11.1 Å². The van der Waals surface area contributed by atoms with Gasteiger partial charge in [0.2, 0.25) is 0 Å². The highest BCUT2D eigenvalue weighted by Gasteiger charge is 2.06. The van der Waals surface area contributed by atoms with Gasteiger partial charge >= 0.3 is 0 Å². The second-order valence-electron chi connectivity index (χ2n) is 5.32. The topological polar surface area (TPSA) is 39.3 Å². The molecule has 0 aliphatic rings. The molecule has 0 atom stereocenters. The Hall–Kier alpha value is -2.18. The lowest BCUT2D eigenvalue weighted by molar-refractivity contribution is 0.450. The van der Waals surface area contributed by atoms with Gasteiger partial charge in [0.05, 0.1) is 0 Å². The monoisotopic (exact) mass is 358 g/mol. The van der Waals surface area contributed by atoms with Crippen LogP contribution in [0.4, 0.5) is 5.69 Å². The lowest BCUT2D eigenvalue weighted by Crippen LogP contribution is -2.49. The zero-order valence-corrected chi connectivity index (χ0v) is 15.5. The molecular formula is C18H22N4S2. The van der Waals surface area contributed by atoms with E-state index in [2.05, 4.69) is 47.2 Å². The third-order valence-corrected chi connectivity index (χ3v) is 4.09. The predicted molar refractivity (Wildman–Crippen MR) is 109 cm³/mol. The summed E-state index contributed by atoms with van der Waals surface area (Å²) in [5.41, 5.74) is 6.45.